The van der Waals surface area contributed by atoms with Gasteiger partial charge in [-0.2, -0.15) is 5.10 Å². The van der Waals surface area contributed by atoms with Crippen LogP contribution in [0.2, 0.25) is 0 Å². The normalized spacial score (nSPS) is 19.3. The van der Waals surface area contributed by atoms with Gasteiger partial charge < -0.3 is 10.6 Å². The standard InChI is InChI=1S/C13H21N5/c1-4-10-5-6-18(7-10)13-11(12(14)15)8(2)9(3)16-17-13/h10H,4-7H2,1-3H3,(H3,14,15). The zero-order chi connectivity index (χ0) is 13.3. The van der Waals surface area contributed by atoms with E-state index in [9.17, 15) is 0 Å². The van der Waals surface area contributed by atoms with E-state index in [0.717, 1.165) is 35.7 Å². The molecule has 0 aliphatic carbocycles. The van der Waals surface area contributed by atoms with Crippen molar-refractivity contribution in [3.05, 3.63) is 16.8 Å². The summed E-state index contributed by atoms with van der Waals surface area (Å²) in [4.78, 5) is 2.21. The largest absolute Gasteiger partial charge is 0.384 e. The molecule has 0 saturated carbocycles. The molecule has 1 atom stereocenters. The van der Waals surface area contributed by atoms with Crippen molar-refractivity contribution in [3.63, 3.8) is 0 Å². The molecule has 1 aromatic heterocycles. The molecule has 18 heavy (non-hydrogen) atoms. The maximum atomic E-state index is 7.76. The molecule has 0 aromatic carbocycles. The highest BCUT2D eigenvalue weighted by Gasteiger charge is 2.26. The molecule has 1 fully saturated rings. The van der Waals surface area contributed by atoms with Crippen LogP contribution in [-0.2, 0) is 0 Å². The van der Waals surface area contributed by atoms with Crippen molar-refractivity contribution in [2.45, 2.75) is 33.6 Å². The topological polar surface area (TPSA) is 78.9 Å². The zero-order valence-electron chi connectivity index (χ0n) is 11.3. The number of rotatable bonds is 3. The molecule has 0 radical (unpaired) electrons. The Morgan fingerprint density at radius 3 is 2.72 bits per heavy atom. The molecule has 0 bridgehead atoms. The second-order valence-electron chi connectivity index (χ2n) is 5.03. The molecular weight excluding hydrogens is 226 g/mol. The predicted octanol–water partition coefficient (Wildman–Crippen LogP) is 1.61. The Balaban J connectivity index is 2.39. The summed E-state index contributed by atoms with van der Waals surface area (Å²) in [5, 5.41) is 16.2. The lowest BCUT2D eigenvalue weighted by molar-refractivity contribution is 0.568. The Morgan fingerprint density at radius 1 is 1.44 bits per heavy atom. The average molecular weight is 247 g/mol. The van der Waals surface area contributed by atoms with Crippen LogP contribution in [0.25, 0.3) is 0 Å². The first-order valence-corrected chi connectivity index (χ1v) is 6.47. The SMILES string of the molecule is CCC1CCN(c2nnc(C)c(C)c2C(=N)N)C1. The summed E-state index contributed by atoms with van der Waals surface area (Å²) in [5.41, 5.74) is 8.27. The monoisotopic (exact) mass is 247 g/mol. The number of aromatic nitrogens is 2. The Kier molecular flexibility index (Phi) is 3.50. The van der Waals surface area contributed by atoms with Gasteiger partial charge >= 0.3 is 0 Å². The van der Waals surface area contributed by atoms with Crippen molar-refractivity contribution in [1.82, 2.24) is 10.2 Å². The van der Waals surface area contributed by atoms with Crippen LogP contribution in [0.15, 0.2) is 0 Å². The van der Waals surface area contributed by atoms with E-state index in [1.807, 2.05) is 13.8 Å². The van der Waals surface area contributed by atoms with Gasteiger partial charge in [-0.1, -0.05) is 13.3 Å². The first-order chi connectivity index (χ1) is 8.54. The first kappa shape index (κ1) is 12.8. The van der Waals surface area contributed by atoms with Crippen LogP contribution >= 0.6 is 0 Å². The molecule has 2 heterocycles. The van der Waals surface area contributed by atoms with Crippen LogP contribution in [0.5, 0.6) is 0 Å². The zero-order valence-corrected chi connectivity index (χ0v) is 11.3. The molecule has 5 nitrogen and oxygen atoms in total. The van der Waals surface area contributed by atoms with E-state index in [0.29, 0.717) is 5.92 Å². The number of nitrogen functional groups attached to an aromatic ring is 1. The molecular formula is C13H21N5. The molecule has 0 spiro atoms. The fourth-order valence-electron chi connectivity index (χ4n) is 2.50. The Hall–Kier alpha value is -1.65. The molecule has 98 valence electrons. The van der Waals surface area contributed by atoms with Crippen LogP contribution in [0.4, 0.5) is 5.82 Å². The van der Waals surface area contributed by atoms with Gasteiger partial charge in [-0.3, -0.25) is 5.41 Å². The number of hydrogen-bond acceptors (Lipinski definition) is 4. The van der Waals surface area contributed by atoms with Crippen molar-refractivity contribution in [2.75, 3.05) is 18.0 Å². The van der Waals surface area contributed by atoms with E-state index in [4.69, 9.17) is 11.1 Å². The summed E-state index contributed by atoms with van der Waals surface area (Å²) in [6.07, 6.45) is 2.37. The lowest BCUT2D eigenvalue weighted by atomic mass is 10.1. The number of aryl methyl sites for hydroxylation is 1. The fourth-order valence-corrected chi connectivity index (χ4v) is 2.50. The number of nitrogens with one attached hydrogen (secondary N) is 1. The highest BCUT2D eigenvalue weighted by Crippen LogP contribution is 2.28. The van der Waals surface area contributed by atoms with Crippen LogP contribution in [0, 0.1) is 25.2 Å². The summed E-state index contributed by atoms with van der Waals surface area (Å²) in [6.45, 7) is 8.05. The third kappa shape index (κ3) is 2.17. The molecule has 1 saturated heterocycles. The van der Waals surface area contributed by atoms with Gasteiger partial charge in [0, 0.05) is 13.1 Å². The van der Waals surface area contributed by atoms with Gasteiger partial charge in [0.25, 0.3) is 0 Å². The van der Waals surface area contributed by atoms with Crippen LogP contribution < -0.4 is 10.6 Å². The molecule has 2 rings (SSSR count). The smallest absolute Gasteiger partial charge is 0.162 e. The van der Waals surface area contributed by atoms with E-state index in [-0.39, 0.29) is 5.84 Å². The molecule has 1 aromatic rings. The quantitative estimate of drug-likeness (QED) is 0.628. The maximum absolute atomic E-state index is 7.76. The molecule has 1 aliphatic heterocycles. The first-order valence-electron chi connectivity index (χ1n) is 6.47. The molecule has 5 heteroatoms. The molecule has 1 unspecified atom stereocenters. The van der Waals surface area contributed by atoms with Crippen LogP contribution in [-0.4, -0.2) is 29.1 Å². The summed E-state index contributed by atoms with van der Waals surface area (Å²) in [7, 11) is 0. The van der Waals surface area contributed by atoms with E-state index >= 15 is 0 Å². The minimum absolute atomic E-state index is 0.0837. The Labute approximate surface area is 108 Å². The van der Waals surface area contributed by atoms with E-state index < -0.39 is 0 Å². The third-order valence-electron chi connectivity index (χ3n) is 3.87. The highest BCUT2D eigenvalue weighted by molar-refractivity contribution is 6.01. The minimum Gasteiger partial charge on any atom is -0.384 e. The van der Waals surface area contributed by atoms with Crippen molar-refractivity contribution in [3.8, 4) is 0 Å². The van der Waals surface area contributed by atoms with Gasteiger partial charge in [0.15, 0.2) is 5.82 Å². The van der Waals surface area contributed by atoms with E-state index in [1.165, 1.54) is 12.8 Å². The number of amidine groups is 1. The molecule has 1 aliphatic rings. The van der Waals surface area contributed by atoms with Gasteiger partial charge in [0.05, 0.1) is 11.3 Å². The summed E-state index contributed by atoms with van der Waals surface area (Å²) in [6, 6.07) is 0. The second-order valence-corrected chi connectivity index (χ2v) is 5.03. The number of hydrogen-bond donors (Lipinski definition) is 2. The van der Waals surface area contributed by atoms with Gasteiger partial charge in [-0.05, 0) is 31.7 Å². The minimum atomic E-state index is 0.0837. The lowest BCUT2D eigenvalue weighted by Gasteiger charge is -2.21. The average Bonchev–Trinajstić information content (AvgIpc) is 2.80. The predicted molar refractivity (Wildman–Crippen MR) is 73.1 cm³/mol. The fraction of sp³-hybridized carbons (Fsp3) is 0.615. The van der Waals surface area contributed by atoms with Gasteiger partial charge in [-0.25, -0.2) is 0 Å². The second kappa shape index (κ2) is 4.92. The van der Waals surface area contributed by atoms with Crippen molar-refractivity contribution >= 4 is 11.7 Å². The van der Waals surface area contributed by atoms with Crippen LogP contribution in [0.3, 0.4) is 0 Å². The molecule has 3 N–H and O–H groups in total. The Bertz CT molecular complexity index is 469. The third-order valence-corrected chi connectivity index (χ3v) is 3.87. The number of nitrogens with zero attached hydrogens (tertiary/aromatic N) is 3. The van der Waals surface area contributed by atoms with Crippen molar-refractivity contribution < 1.29 is 0 Å². The van der Waals surface area contributed by atoms with Gasteiger partial charge in [0.2, 0.25) is 0 Å². The number of anilines is 1. The van der Waals surface area contributed by atoms with Crippen molar-refractivity contribution in [2.24, 2.45) is 11.7 Å². The van der Waals surface area contributed by atoms with E-state index in [2.05, 4.69) is 22.0 Å². The molecule has 0 amide bonds. The van der Waals surface area contributed by atoms with Gasteiger partial charge in [-0.15, -0.1) is 5.10 Å². The summed E-state index contributed by atoms with van der Waals surface area (Å²) >= 11 is 0. The summed E-state index contributed by atoms with van der Waals surface area (Å²) < 4.78 is 0. The lowest BCUT2D eigenvalue weighted by Crippen LogP contribution is -2.27. The van der Waals surface area contributed by atoms with Crippen molar-refractivity contribution in [1.29, 1.82) is 5.41 Å². The van der Waals surface area contributed by atoms with Crippen LogP contribution in [0.1, 0.15) is 36.6 Å². The maximum Gasteiger partial charge on any atom is 0.162 e. The van der Waals surface area contributed by atoms with E-state index in [1.54, 1.807) is 0 Å². The summed E-state index contributed by atoms with van der Waals surface area (Å²) in [5.74, 6) is 1.58. The highest BCUT2D eigenvalue weighted by atomic mass is 15.3. The number of nitrogens with two attached hydrogens (primary N) is 1. The Morgan fingerprint density at radius 2 is 2.17 bits per heavy atom. The van der Waals surface area contributed by atoms with Gasteiger partial charge in [0.1, 0.15) is 5.84 Å².